The summed E-state index contributed by atoms with van der Waals surface area (Å²) in [7, 11) is -1.80. The van der Waals surface area contributed by atoms with Crippen molar-refractivity contribution in [1.82, 2.24) is 15.4 Å². The van der Waals surface area contributed by atoms with Crippen LogP contribution in [0.3, 0.4) is 0 Å². The summed E-state index contributed by atoms with van der Waals surface area (Å²) in [5.41, 5.74) is 1.02. The molecule has 0 saturated heterocycles. The number of sulfonamides is 1. The molecule has 0 fully saturated rings. The lowest BCUT2D eigenvalue weighted by Gasteiger charge is -2.21. The fraction of sp³-hybridized carbons (Fsp3) is 0.632. The van der Waals surface area contributed by atoms with Crippen molar-refractivity contribution < 1.29 is 13.2 Å². The van der Waals surface area contributed by atoms with Crippen LogP contribution in [0.15, 0.2) is 34.2 Å². The van der Waals surface area contributed by atoms with Gasteiger partial charge >= 0.3 is 0 Å². The first-order valence-corrected chi connectivity index (χ1v) is 10.9. The van der Waals surface area contributed by atoms with Crippen LogP contribution in [0.1, 0.15) is 32.8 Å². The molecule has 0 saturated carbocycles. The molecule has 0 radical (unpaired) electrons. The van der Waals surface area contributed by atoms with Crippen LogP contribution in [-0.4, -0.2) is 53.8 Å². The molecule has 7 nitrogen and oxygen atoms in total. The number of nitrogens with zero attached hydrogens (tertiary/aromatic N) is 1. The van der Waals surface area contributed by atoms with E-state index in [0.717, 1.165) is 18.5 Å². The van der Waals surface area contributed by atoms with Gasteiger partial charge in [0.1, 0.15) is 0 Å². The van der Waals surface area contributed by atoms with Gasteiger partial charge in [-0.2, -0.15) is 0 Å². The fourth-order valence-electron chi connectivity index (χ4n) is 2.54. The monoisotopic (exact) mass is 398 g/mol. The summed E-state index contributed by atoms with van der Waals surface area (Å²) in [6, 6.07) is 6.78. The van der Waals surface area contributed by atoms with Gasteiger partial charge in [0.05, 0.1) is 11.0 Å². The van der Waals surface area contributed by atoms with Crippen molar-refractivity contribution >= 4 is 16.0 Å². The van der Waals surface area contributed by atoms with Crippen molar-refractivity contribution in [3.05, 3.63) is 29.8 Å². The lowest BCUT2D eigenvalue weighted by molar-refractivity contribution is 0.0258. The third-order valence-corrected chi connectivity index (χ3v) is 5.59. The molecule has 1 rings (SSSR count). The van der Waals surface area contributed by atoms with Crippen LogP contribution in [0.2, 0.25) is 0 Å². The van der Waals surface area contributed by atoms with E-state index in [2.05, 4.69) is 34.2 Å². The number of guanidine groups is 1. The van der Waals surface area contributed by atoms with Gasteiger partial charge in [0.15, 0.2) is 5.96 Å². The predicted molar refractivity (Wildman–Crippen MR) is 111 cm³/mol. The SMILES string of the molecule is CCOC(CCNC(=NC)NCCNS(=O)(=O)c1ccc(C)cc1)C(C)C. The molecule has 1 aromatic rings. The van der Waals surface area contributed by atoms with Crippen molar-refractivity contribution in [2.24, 2.45) is 10.9 Å². The number of aliphatic imine (C=N–C) groups is 1. The Balaban J connectivity index is 2.35. The molecule has 8 heteroatoms. The molecule has 0 spiro atoms. The third-order valence-electron chi connectivity index (χ3n) is 4.11. The second-order valence-electron chi connectivity index (χ2n) is 6.66. The van der Waals surface area contributed by atoms with Gasteiger partial charge in [-0.05, 0) is 38.3 Å². The Bertz CT molecular complexity index is 673. The average Bonchev–Trinajstić information content (AvgIpc) is 2.63. The summed E-state index contributed by atoms with van der Waals surface area (Å²) in [5.74, 6) is 1.10. The molecule has 154 valence electrons. The maximum Gasteiger partial charge on any atom is 0.240 e. The molecule has 0 aliphatic carbocycles. The number of hydrogen-bond acceptors (Lipinski definition) is 4. The summed E-state index contributed by atoms with van der Waals surface area (Å²) < 4.78 is 32.8. The van der Waals surface area contributed by atoms with Crippen LogP contribution in [0, 0.1) is 12.8 Å². The Morgan fingerprint density at radius 2 is 1.74 bits per heavy atom. The van der Waals surface area contributed by atoms with Crippen LogP contribution < -0.4 is 15.4 Å². The predicted octanol–water partition coefficient (Wildman–Crippen LogP) is 1.89. The van der Waals surface area contributed by atoms with Gasteiger partial charge in [0, 0.05) is 33.3 Å². The van der Waals surface area contributed by atoms with E-state index < -0.39 is 10.0 Å². The Morgan fingerprint density at radius 3 is 2.30 bits per heavy atom. The van der Waals surface area contributed by atoms with Gasteiger partial charge in [-0.1, -0.05) is 31.5 Å². The van der Waals surface area contributed by atoms with E-state index in [4.69, 9.17) is 4.74 Å². The molecule has 27 heavy (non-hydrogen) atoms. The molecule has 0 aromatic heterocycles. The van der Waals surface area contributed by atoms with E-state index in [1.54, 1.807) is 31.3 Å². The molecule has 0 aliphatic rings. The highest BCUT2D eigenvalue weighted by atomic mass is 32.2. The molecule has 1 unspecified atom stereocenters. The van der Waals surface area contributed by atoms with Crippen LogP contribution in [0.25, 0.3) is 0 Å². The Morgan fingerprint density at radius 1 is 1.11 bits per heavy atom. The molecule has 0 amide bonds. The summed E-state index contributed by atoms with van der Waals surface area (Å²) in [6.45, 7) is 10.4. The number of benzene rings is 1. The summed E-state index contributed by atoms with van der Waals surface area (Å²) >= 11 is 0. The van der Waals surface area contributed by atoms with Gasteiger partial charge < -0.3 is 15.4 Å². The second kappa shape index (κ2) is 11.9. The second-order valence-corrected chi connectivity index (χ2v) is 8.43. The lowest BCUT2D eigenvalue weighted by atomic mass is 10.0. The summed E-state index contributed by atoms with van der Waals surface area (Å²) in [4.78, 5) is 4.42. The highest BCUT2D eigenvalue weighted by Crippen LogP contribution is 2.10. The normalized spacial score (nSPS) is 13.6. The quantitative estimate of drug-likeness (QED) is 0.301. The van der Waals surface area contributed by atoms with Crippen molar-refractivity contribution in [2.45, 2.75) is 45.1 Å². The van der Waals surface area contributed by atoms with Crippen LogP contribution in [-0.2, 0) is 14.8 Å². The first kappa shape index (κ1) is 23.4. The zero-order valence-corrected chi connectivity index (χ0v) is 17.9. The lowest BCUT2D eigenvalue weighted by Crippen LogP contribution is -2.42. The average molecular weight is 399 g/mol. The van der Waals surface area contributed by atoms with Crippen LogP contribution >= 0.6 is 0 Å². The maximum absolute atomic E-state index is 12.2. The molecular formula is C19H34N4O3S. The Hall–Kier alpha value is -1.64. The van der Waals surface area contributed by atoms with E-state index in [9.17, 15) is 8.42 Å². The third kappa shape index (κ3) is 8.73. The Labute approximate surface area is 164 Å². The molecule has 1 atom stereocenters. The zero-order valence-electron chi connectivity index (χ0n) is 17.1. The minimum atomic E-state index is -3.49. The zero-order chi connectivity index (χ0) is 20.3. The van der Waals surface area contributed by atoms with Gasteiger partial charge in [0.2, 0.25) is 10.0 Å². The molecule has 1 aromatic carbocycles. The Kier molecular flexibility index (Phi) is 10.4. The van der Waals surface area contributed by atoms with E-state index in [0.29, 0.717) is 25.0 Å². The van der Waals surface area contributed by atoms with Crippen molar-refractivity contribution in [2.75, 3.05) is 33.3 Å². The molecule has 0 heterocycles. The molecule has 3 N–H and O–H groups in total. The van der Waals surface area contributed by atoms with Gasteiger partial charge in [-0.25, -0.2) is 13.1 Å². The number of nitrogens with one attached hydrogen (secondary N) is 3. The molecular weight excluding hydrogens is 364 g/mol. The summed E-state index contributed by atoms with van der Waals surface area (Å²) in [6.07, 6.45) is 1.09. The molecule has 0 aliphatic heterocycles. The number of aryl methyl sites for hydroxylation is 1. The van der Waals surface area contributed by atoms with Crippen molar-refractivity contribution in [1.29, 1.82) is 0 Å². The van der Waals surface area contributed by atoms with E-state index in [-0.39, 0.29) is 17.5 Å². The minimum absolute atomic E-state index is 0.210. The van der Waals surface area contributed by atoms with Gasteiger partial charge in [-0.15, -0.1) is 0 Å². The van der Waals surface area contributed by atoms with Crippen molar-refractivity contribution in [3.63, 3.8) is 0 Å². The maximum atomic E-state index is 12.2. The standard InChI is InChI=1S/C19H34N4O3S/c1-6-26-18(15(2)3)11-12-21-19(20-5)22-13-14-23-27(24,25)17-9-7-16(4)8-10-17/h7-10,15,18,23H,6,11-14H2,1-5H3,(H2,20,21,22). The number of hydrogen-bond donors (Lipinski definition) is 3. The van der Waals surface area contributed by atoms with Crippen LogP contribution in [0.5, 0.6) is 0 Å². The highest BCUT2D eigenvalue weighted by molar-refractivity contribution is 7.89. The number of ether oxygens (including phenoxy) is 1. The smallest absolute Gasteiger partial charge is 0.240 e. The highest BCUT2D eigenvalue weighted by Gasteiger charge is 2.14. The minimum Gasteiger partial charge on any atom is -0.378 e. The fourth-order valence-corrected chi connectivity index (χ4v) is 3.58. The van der Waals surface area contributed by atoms with E-state index >= 15 is 0 Å². The number of rotatable bonds is 11. The largest absolute Gasteiger partial charge is 0.378 e. The topological polar surface area (TPSA) is 91.8 Å². The molecule has 0 bridgehead atoms. The first-order chi connectivity index (χ1) is 12.8. The summed E-state index contributed by atoms with van der Waals surface area (Å²) in [5, 5.41) is 6.34. The van der Waals surface area contributed by atoms with E-state index in [1.807, 2.05) is 13.8 Å². The van der Waals surface area contributed by atoms with Gasteiger partial charge in [0.25, 0.3) is 0 Å². The van der Waals surface area contributed by atoms with Crippen molar-refractivity contribution in [3.8, 4) is 0 Å². The van der Waals surface area contributed by atoms with E-state index in [1.165, 1.54) is 0 Å². The first-order valence-electron chi connectivity index (χ1n) is 9.42. The van der Waals surface area contributed by atoms with Gasteiger partial charge in [-0.3, -0.25) is 4.99 Å². The van der Waals surface area contributed by atoms with Crippen LogP contribution in [0.4, 0.5) is 0 Å².